The van der Waals surface area contributed by atoms with Gasteiger partial charge in [0.2, 0.25) is 0 Å². The number of rotatable bonds is 11. The van der Waals surface area contributed by atoms with E-state index in [-0.39, 0.29) is 12.2 Å². The third-order valence-electron chi connectivity index (χ3n) is 3.38. The smallest absolute Gasteiger partial charge is 0.131 e. The predicted molar refractivity (Wildman–Crippen MR) is 90.3 cm³/mol. The van der Waals surface area contributed by atoms with Gasteiger partial charge in [-0.15, -0.1) is 0 Å². The predicted octanol–water partition coefficient (Wildman–Crippen LogP) is 2.88. The Morgan fingerprint density at radius 3 is 2.67 bits per heavy atom. The maximum atomic E-state index is 5.91. The lowest BCUT2D eigenvalue weighted by atomic mass is 10.3. The molecule has 2 saturated heterocycles. The summed E-state index contributed by atoms with van der Waals surface area (Å²) >= 11 is 0. The zero-order valence-corrected chi connectivity index (χ0v) is 13.6. The van der Waals surface area contributed by atoms with E-state index in [4.69, 9.17) is 23.7 Å². The first-order valence-corrected chi connectivity index (χ1v) is 8.04. The van der Waals surface area contributed by atoms with Crippen molar-refractivity contribution in [3.05, 3.63) is 60.9 Å². The van der Waals surface area contributed by atoms with Crippen LogP contribution in [0.1, 0.15) is 0 Å². The second kappa shape index (κ2) is 8.68. The lowest BCUT2D eigenvalue weighted by Crippen LogP contribution is -2.04. The first kappa shape index (κ1) is 16.8. The minimum Gasteiger partial charge on any atom is -0.491 e. The average molecular weight is 330 g/mol. The molecule has 0 radical (unpaired) electrons. The highest BCUT2D eigenvalue weighted by Crippen LogP contribution is 2.23. The van der Waals surface area contributed by atoms with Gasteiger partial charge in [0.15, 0.2) is 0 Å². The van der Waals surface area contributed by atoms with Gasteiger partial charge in [0.1, 0.15) is 36.1 Å². The Bertz CT molecular complexity index is 600. The summed E-state index contributed by atoms with van der Waals surface area (Å²) in [5.74, 6) is 2.15. The summed E-state index contributed by atoms with van der Waals surface area (Å²) in [6.45, 7) is 6.90. The van der Waals surface area contributed by atoms with E-state index < -0.39 is 0 Å². The zero-order chi connectivity index (χ0) is 16.6. The standard InChI is InChI=1S/C19H22O5/c1-2-3-5-15(8-9-20-11-18-12-22-18)24-17-7-4-6-16(10-17)21-13-19-14-23-19/h2-8,10,18-19H,1,9,11-14H2/b5-3-,15-8+. The molecule has 5 nitrogen and oxygen atoms in total. The Labute approximate surface area is 142 Å². The van der Waals surface area contributed by atoms with E-state index >= 15 is 0 Å². The molecule has 0 aromatic heterocycles. The minimum atomic E-state index is 0.230. The van der Waals surface area contributed by atoms with Gasteiger partial charge in [-0.1, -0.05) is 24.8 Å². The maximum Gasteiger partial charge on any atom is 0.131 e. The summed E-state index contributed by atoms with van der Waals surface area (Å²) in [6.07, 6.45) is 7.74. The lowest BCUT2D eigenvalue weighted by molar-refractivity contribution is 0.139. The molecule has 0 N–H and O–H groups in total. The molecule has 0 saturated carbocycles. The monoisotopic (exact) mass is 330 g/mol. The van der Waals surface area contributed by atoms with Crippen LogP contribution >= 0.6 is 0 Å². The summed E-state index contributed by atoms with van der Waals surface area (Å²) < 4.78 is 27.3. The molecule has 128 valence electrons. The van der Waals surface area contributed by atoms with Gasteiger partial charge >= 0.3 is 0 Å². The van der Waals surface area contributed by atoms with Crippen molar-refractivity contribution in [2.24, 2.45) is 0 Å². The van der Waals surface area contributed by atoms with E-state index in [2.05, 4.69) is 6.58 Å². The molecule has 2 atom stereocenters. The van der Waals surface area contributed by atoms with Crippen molar-refractivity contribution in [1.29, 1.82) is 0 Å². The van der Waals surface area contributed by atoms with Crippen LogP contribution in [0, 0.1) is 0 Å². The number of hydrogen-bond donors (Lipinski definition) is 0. The molecule has 0 amide bonds. The quantitative estimate of drug-likeness (QED) is 0.270. The maximum absolute atomic E-state index is 5.91. The van der Waals surface area contributed by atoms with Gasteiger partial charge in [0.25, 0.3) is 0 Å². The van der Waals surface area contributed by atoms with E-state index in [1.807, 2.05) is 42.5 Å². The Balaban J connectivity index is 1.55. The Morgan fingerprint density at radius 1 is 1.17 bits per heavy atom. The third-order valence-corrected chi connectivity index (χ3v) is 3.38. The molecule has 1 aromatic carbocycles. The molecule has 2 unspecified atom stereocenters. The van der Waals surface area contributed by atoms with Crippen LogP contribution in [0.2, 0.25) is 0 Å². The van der Waals surface area contributed by atoms with Crippen LogP contribution in [-0.2, 0) is 14.2 Å². The van der Waals surface area contributed by atoms with Crippen LogP contribution in [-0.4, -0.2) is 45.2 Å². The second-order valence-electron chi connectivity index (χ2n) is 5.54. The van der Waals surface area contributed by atoms with Crippen LogP contribution in [0.5, 0.6) is 11.5 Å². The highest BCUT2D eigenvalue weighted by molar-refractivity contribution is 5.35. The fourth-order valence-electron chi connectivity index (χ4n) is 1.93. The van der Waals surface area contributed by atoms with E-state index in [0.29, 0.717) is 31.3 Å². The van der Waals surface area contributed by atoms with E-state index in [1.54, 1.807) is 6.08 Å². The third kappa shape index (κ3) is 6.20. The van der Waals surface area contributed by atoms with Gasteiger partial charge in [0.05, 0.1) is 26.4 Å². The van der Waals surface area contributed by atoms with Crippen LogP contribution in [0.3, 0.4) is 0 Å². The Hall–Kier alpha value is -2.08. The summed E-state index contributed by atoms with van der Waals surface area (Å²) in [5, 5.41) is 0. The molecule has 2 aliphatic rings. The van der Waals surface area contributed by atoms with Gasteiger partial charge < -0.3 is 23.7 Å². The lowest BCUT2D eigenvalue weighted by Gasteiger charge is -2.09. The number of epoxide rings is 2. The average Bonchev–Trinajstić information content (AvgIpc) is 3.49. The summed E-state index contributed by atoms with van der Waals surface area (Å²) in [4.78, 5) is 0. The van der Waals surface area contributed by atoms with E-state index in [9.17, 15) is 0 Å². The summed E-state index contributed by atoms with van der Waals surface area (Å²) in [5.41, 5.74) is 0. The van der Waals surface area contributed by atoms with Crippen molar-refractivity contribution in [2.45, 2.75) is 12.2 Å². The molecule has 24 heavy (non-hydrogen) atoms. The van der Waals surface area contributed by atoms with Crippen LogP contribution in [0.15, 0.2) is 60.9 Å². The van der Waals surface area contributed by atoms with Gasteiger partial charge in [-0.3, -0.25) is 0 Å². The summed E-state index contributed by atoms with van der Waals surface area (Å²) in [7, 11) is 0. The topological polar surface area (TPSA) is 52.8 Å². The zero-order valence-electron chi connectivity index (χ0n) is 13.6. The molecule has 2 aliphatic heterocycles. The van der Waals surface area contributed by atoms with Crippen molar-refractivity contribution in [3.63, 3.8) is 0 Å². The normalized spacial score (nSPS) is 22.4. The van der Waals surface area contributed by atoms with Crippen LogP contribution in [0.4, 0.5) is 0 Å². The molecular formula is C19H22O5. The molecule has 0 bridgehead atoms. The fourth-order valence-corrected chi connectivity index (χ4v) is 1.93. The van der Waals surface area contributed by atoms with Gasteiger partial charge in [-0.05, 0) is 24.3 Å². The molecule has 0 aliphatic carbocycles. The number of allylic oxidation sites excluding steroid dienone is 3. The molecular weight excluding hydrogens is 308 g/mol. The van der Waals surface area contributed by atoms with Crippen molar-refractivity contribution in [3.8, 4) is 11.5 Å². The van der Waals surface area contributed by atoms with Crippen molar-refractivity contribution in [1.82, 2.24) is 0 Å². The first-order chi connectivity index (χ1) is 11.8. The van der Waals surface area contributed by atoms with Crippen molar-refractivity contribution < 1.29 is 23.7 Å². The highest BCUT2D eigenvalue weighted by atomic mass is 16.6. The SMILES string of the molecule is C=C/C=C\C(=C/COCC1CO1)Oc1cccc(OCC2CO2)c1. The highest BCUT2D eigenvalue weighted by Gasteiger charge is 2.23. The number of ether oxygens (including phenoxy) is 5. The van der Waals surface area contributed by atoms with E-state index in [0.717, 1.165) is 19.0 Å². The van der Waals surface area contributed by atoms with Crippen LogP contribution in [0.25, 0.3) is 0 Å². The largest absolute Gasteiger partial charge is 0.491 e. The van der Waals surface area contributed by atoms with Gasteiger partial charge in [-0.25, -0.2) is 0 Å². The molecule has 5 heteroatoms. The first-order valence-electron chi connectivity index (χ1n) is 8.04. The van der Waals surface area contributed by atoms with Crippen molar-refractivity contribution >= 4 is 0 Å². The Kier molecular flexibility index (Phi) is 6.07. The Morgan fingerprint density at radius 2 is 1.92 bits per heavy atom. The van der Waals surface area contributed by atoms with Crippen molar-refractivity contribution in [2.75, 3.05) is 33.0 Å². The fraction of sp³-hybridized carbons (Fsp3) is 0.368. The molecule has 2 fully saturated rings. The second-order valence-corrected chi connectivity index (χ2v) is 5.54. The molecule has 1 aromatic rings. The van der Waals surface area contributed by atoms with Crippen LogP contribution < -0.4 is 9.47 Å². The number of hydrogen-bond acceptors (Lipinski definition) is 5. The van der Waals surface area contributed by atoms with E-state index in [1.165, 1.54) is 0 Å². The summed E-state index contributed by atoms with van der Waals surface area (Å²) in [6, 6.07) is 7.54. The van der Waals surface area contributed by atoms with Gasteiger partial charge in [-0.2, -0.15) is 0 Å². The van der Waals surface area contributed by atoms with Gasteiger partial charge in [0, 0.05) is 6.07 Å². The molecule has 0 spiro atoms. The molecule has 3 rings (SSSR count). The number of benzene rings is 1. The molecule has 2 heterocycles. The minimum absolute atomic E-state index is 0.230.